The number of ether oxygens (including phenoxy) is 1. The molecule has 2 saturated heterocycles. The lowest BCUT2D eigenvalue weighted by atomic mass is 10.1. The van der Waals surface area contributed by atoms with E-state index >= 15 is 0 Å². The lowest BCUT2D eigenvalue weighted by molar-refractivity contribution is -0.167. The standard InChI is InChI=1S/C23H32F3N5O5/c1-22(2,3)35-21(34)27-18-9-8-16(23(24,25)26)14-17(18)20(33)31(30-12-6-7-13-30)15-19(32)36-28-29-10-4-5-11-29/h8-9,14,28H,4-7,10-13,15H2,1-3H3,(H,27,34). The van der Waals surface area contributed by atoms with E-state index in [2.05, 4.69) is 10.9 Å². The van der Waals surface area contributed by atoms with Gasteiger partial charge in [-0.1, -0.05) is 5.59 Å². The molecule has 0 aliphatic carbocycles. The SMILES string of the molecule is CC(C)(C)OC(=O)Nc1ccc(C(F)(F)F)cc1C(=O)N(CC(=O)ONN1CCCC1)N1CCCC1. The van der Waals surface area contributed by atoms with Crippen molar-refractivity contribution in [2.24, 2.45) is 0 Å². The van der Waals surface area contributed by atoms with Crippen LogP contribution < -0.4 is 10.9 Å². The zero-order valence-electron chi connectivity index (χ0n) is 20.6. The van der Waals surface area contributed by atoms with Crippen LogP contribution in [0.2, 0.25) is 0 Å². The second-order valence-corrected chi connectivity index (χ2v) is 9.67. The van der Waals surface area contributed by atoms with Crippen molar-refractivity contribution in [3.8, 4) is 0 Å². The molecule has 1 aromatic rings. The van der Waals surface area contributed by atoms with Gasteiger partial charge in [-0.2, -0.15) is 13.2 Å². The third-order valence-corrected chi connectivity index (χ3v) is 5.54. The molecule has 0 bridgehead atoms. The number of hydrogen-bond acceptors (Lipinski definition) is 8. The van der Waals surface area contributed by atoms with Gasteiger partial charge in [-0.05, 0) is 64.7 Å². The number of nitrogens with zero attached hydrogens (tertiary/aromatic N) is 3. The van der Waals surface area contributed by atoms with Gasteiger partial charge in [0.1, 0.15) is 12.1 Å². The molecule has 0 spiro atoms. The van der Waals surface area contributed by atoms with Crippen LogP contribution in [0.25, 0.3) is 0 Å². The normalized spacial score (nSPS) is 17.2. The van der Waals surface area contributed by atoms with E-state index in [4.69, 9.17) is 9.57 Å². The predicted molar refractivity (Wildman–Crippen MR) is 123 cm³/mol. The molecule has 2 amide bonds. The number of amides is 2. The number of alkyl halides is 3. The summed E-state index contributed by atoms with van der Waals surface area (Å²) in [7, 11) is 0. The molecule has 2 aliphatic rings. The fraction of sp³-hybridized carbons (Fsp3) is 0.609. The summed E-state index contributed by atoms with van der Waals surface area (Å²) in [4.78, 5) is 43.5. The zero-order valence-corrected chi connectivity index (χ0v) is 20.6. The van der Waals surface area contributed by atoms with Crippen LogP contribution >= 0.6 is 0 Å². The second kappa shape index (κ2) is 11.4. The average Bonchev–Trinajstić information content (AvgIpc) is 3.48. The molecule has 2 aliphatic heterocycles. The maximum atomic E-state index is 13.6. The molecule has 2 N–H and O–H groups in total. The number of halogens is 3. The number of anilines is 1. The highest BCUT2D eigenvalue weighted by Gasteiger charge is 2.35. The number of nitrogens with one attached hydrogen (secondary N) is 2. The van der Waals surface area contributed by atoms with Gasteiger partial charge in [-0.15, -0.1) is 0 Å². The topological polar surface area (TPSA) is 103 Å². The molecule has 10 nitrogen and oxygen atoms in total. The van der Waals surface area contributed by atoms with Crippen LogP contribution in [-0.4, -0.2) is 71.3 Å². The van der Waals surface area contributed by atoms with Gasteiger partial charge in [0.05, 0.1) is 16.8 Å². The number of carbonyl (C=O) groups excluding carboxylic acids is 3. The van der Waals surface area contributed by atoms with E-state index < -0.39 is 47.4 Å². The Morgan fingerprint density at radius 3 is 2.19 bits per heavy atom. The van der Waals surface area contributed by atoms with Crippen molar-refractivity contribution in [1.82, 2.24) is 20.6 Å². The van der Waals surface area contributed by atoms with E-state index in [1.54, 1.807) is 30.8 Å². The summed E-state index contributed by atoms with van der Waals surface area (Å²) in [5.74, 6) is -1.66. The Labute approximate surface area is 207 Å². The molecule has 13 heteroatoms. The molecule has 0 radical (unpaired) electrons. The van der Waals surface area contributed by atoms with Crippen LogP contribution in [0.15, 0.2) is 18.2 Å². The van der Waals surface area contributed by atoms with Gasteiger partial charge in [-0.25, -0.2) is 19.6 Å². The Kier molecular flexibility index (Phi) is 8.80. The van der Waals surface area contributed by atoms with E-state index in [0.717, 1.165) is 42.8 Å². The summed E-state index contributed by atoms with van der Waals surface area (Å²) < 4.78 is 45.6. The Bertz CT molecular complexity index is 954. The first kappa shape index (κ1) is 27.7. The van der Waals surface area contributed by atoms with E-state index in [1.807, 2.05) is 0 Å². The number of carbonyl (C=O) groups is 3. The summed E-state index contributed by atoms with van der Waals surface area (Å²) in [5, 5.41) is 6.74. The molecule has 1 aromatic carbocycles. The van der Waals surface area contributed by atoms with Crippen molar-refractivity contribution in [3.05, 3.63) is 29.3 Å². The van der Waals surface area contributed by atoms with Gasteiger partial charge in [0, 0.05) is 26.2 Å². The minimum Gasteiger partial charge on any atom is -0.444 e. The Morgan fingerprint density at radius 2 is 1.61 bits per heavy atom. The van der Waals surface area contributed by atoms with Crippen molar-refractivity contribution in [3.63, 3.8) is 0 Å². The zero-order chi connectivity index (χ0) is 26.5. The minimum absolute atomic E-state index is 0.171. The van der Waals surface area contributed by atoms with E-state index in [1.165, 1.54) is 0 Å². The molecule has 3 rings (SSSR count). The van der Waals surface area contributed by atoms with E-state index in [9.17, 15) is 27.6 Å². The molecule has 2 fully saturated rings. The Hall–Kier alpha value is -2.90. The monoisotopic (exact) mass is 515 g/mol. The predicted octanol–water partition coefficient (Wildman–Crippen LogP) is 3.56. The van der Waals surface area contributed by atoms with Crippen LogP contribution in [0.1, 0.15) is 62.4 Å². The van der Waals surface area contributed by atoms with Crippen molar-refractivity contribution in [2.45, 2.75) is 58.2 Å². The fourth-order valence-corrected chi connectivity index (χ4v) is 3.88. The number of rotatable bonds is 7. The molecule has 2 heterocycles. The highest BCUT2D eigenvalue weighted by atomic mass is 19.4. The highest BCUT2D eigenvalue weighted by molar-refractivity contribution is 6.03. The van der Waals surface area contributed by atoms with Gasteiger partial charge in [0.25, 0.3) is 5.91 Å². The van der Waals surface area contributed by atoms with Crippen LogP contribution in [0.3, 0.4) is 0 Å². The first-order chi connectivity index (χ1) is 16.8. The molecule has 0 aromatic heterocycles. The summed E-state index contributed by atoms with van der Waals surface area (Å²) in [6, 6.07) is 2.42. The maximum absolute atomic E-state index is 13.6. The third kappa shape index (κ3) is 7.80. The molecule has 0 unspecified atom stereocenters. The lowest BCUT2D eigenvalue weighted by Gasteiger charge is -2.31. The summed E-state index contributed by atoms with van der Waals surface area (Å²) >= 11 is 0. The summed E-state index contributed by atoms with van der Waals surface area (Å²) in [5.41, 5.74) is 0.0136. The average molecular weight is 516 g/mol. The van der Waals surface area contributed by atoms with Crippen molar-refractivity contribution in [1.29, 1.82) is 0 Å². The lowest BCUT2D eigenvalue weighted by Crippen LogP contribution is -2.49. The highest BCUT2D eigenvalue weighted by Crippen LogP contribution is 2.33. The molecular weight excluding hydrogens is 483 g/mol. The molecule has 200 valence electrons. The number of hydrazine groups is 2. The molecule has 0 atom stereocenters. The Balaban J connectivity index is 1.86. The van der Waals surface area contributed by atoms with Crippen molar-refractivity contribution in [2.75, 3.05) is 38.0 Å². The minimum atomic E-state index is -4.73. The summed E-state index contributed by atoms with van der Waals surface area (Å²) in [6.07, 6.45) is -2.26. The molecule has 0 saturated carbocycles. The van der Waals surface area contributed by atoms with Crippen molar-refractivity contribution >= 4 is 23.7 Å². The summed E-state index contributed by atoms with van der Waals surface area (Å²) in [6.45, 7) is 6.63. The second-order valence-electron chi connectivity index (χ2n) is 9.67. The largest absolute Gasteiger partial charge is 0.444 e. The van der Waals surface area contributed by atoms with Gasteiger partial charge in [-0.3, -0.25) is 15.1 Å². The van der Waals surface area contributed by atoms with E-state index in [0.29, 0.717) is 32.2 Å². The molecule has 36 heavy (non-hydrogen) atoms. The van der Waals surface area contributed by atoms with Gasteiger partial charge in [0.2, 0.25) is 0 Å². The van der Waals surface area contributed by atoms with Crippen LogP contribution in [0.4, 0.5) is 23.7 Å². The first-order valence-corrected chi connectivity index (χ1v) is 11.8. The number of hydrogen-bond donors (Lipinski definition) is 2. The van der Waals surface area contributed by atoms with E-state index in [-0.39, 0.29) is 5.69 Å². The van der Waals surface area contributed by atoms with Crippen LogP contribution in [-0.2, 0) is 20.5 Å². The smallest absolute Gasteiger partial charge is 0.416 e. The van der Waals surface area contributed by atoms with Gasteiger partial charge >= 0.3 is 18.2 Å². The first-order valence-electron chi connectivity index (χ1n) is 11.8. The van der Waals surface area contributed by atoms with Gasteiger partial charge in [0.15, 0.2) is 0 Å². The van der Waals surface area contributed by atoms with Crippen molar-refractivity contribution < 1.29 is 37.1 Å². The number of benzene rings is 1. The third-order valence-electron chi connectivity index (χ3n) is 5.54. The Morgan fingerprint density at radius 1 is 1.00 bits per heavy atom. The van der Waals surface area contributed by atoms with Crippen LogP contribution in [0.5, 0.6) is 0 Å². The fourth-order valence-electron chi connectivity index (χ4n) is 3.88. The van der Waals surface area contributed by atoms with Crippen LogP contribution in [0, 0.1) is 0 Å². The maximum Gasteiger partial charge on any atom is 0.416 e. The van der Waals surface area contributed by atoms with Gasteiger partial charge < -0.3 is 9.57 Å². The molecular formula is C23H32F3N5O5. The quantitative estimate of drug-likeness (QED) is 0.532.